The third-order valence-electron chi connectivity index (χ3n) is 3.89. The third-order valence-corrected chi connectivity index (χ3v) is 8.47. The fourth-order valence-electron chi connectivity index (χ4n) is 2.26. The van der Waals surface area contributed by atoms with Gasteiger partial charge in [-0.25, -0.2) is 0 Å². The molecule has 0 N–H and O–H groups in total. The van der Waals surface area contributed by atoms with E-state index in [1.54, 1.807) is 0 Å². The Bertz CT molecular complexity index is 404. The molecule has 0 radical (unpaired) electrons. The second-order valence-corrected chi connectivity index (χ2v) is 10.0. The SMILES string of the molecule is Cc1cccc(C)c1SC[C@H]1C(C)(C)C1(Br)Br. The van der Waals surface area contributed by atoms with Gasteiger partial charge in [0.1, 0.15) is 0 Å². The van der Waals surface area contributed by atoms with E-state index in [2.05, 4.69) is 77.8 Å². The van der Waals surface area contributed by atoms with Gasteiger partial charge < -0.3 is 0 Å². The number of aryl methyl sites for hydroxylation is 2. The van der Waals surface area contributed by atoms with E-state index in [1.165, 1.54) is 16.0 Å². The summed E-state index contributed by atoms with van der Waals surface area (Å²) in [6, 6.07) is 6.53. The molecular formula is C14H18Br2S. The Morgan fingerprint density at radius 3 is 2.06 bits per heavy atom. The molecule has 1 aromatic carbocycles. The Kier molecular flexibility index (Phi) is 3.75. The zero-order chi connectivity index (χ0) is 12.8. The molecule has 0 bridgehead atoms. The number of rotatable bonds is 3. The van der Waals surface area contributed by atoms with Crippen molar-refractivity contribution in [2.24, 2.45) is 11.3 Å². The molecule has 1 aliphatic carbocycles. The van der Waals surface area contributed by atoms with Crippen LogP contribution in [0.2, 0.25) is 0 Å². The molecule has 1 atom stereocenters. The second-order valence-electron chi connectivity index (χ2n) is 5.43. The van der Waals surface area contributed by atoms with Crippen molar-refractivity contribution in [1.82, 2.24) is 0 Å². The minimum Gasteiger partial charge on any atom is -0.125 e. The molecular weight excluding hydrogens is 360 g/mol. The Morgan fingerprint density at radius 1 is 1.18 bits per heavy atom. The van der Waals surface area contributed by atoms with Crippen LogP contribution in [-0.2, 0) is 0 Å². The Hall–Kier alpha value is 0.530. The summed E-state index contributed by atoms with van der Waals surface area (Å²) in [5, 5.41) is 0. The third kappa shape index (κ3) is 2.35. The summed E-state index contributed by atoms with van der Waals surface area (Å²) in [5.41, 5.74) is 3.13. The van der Waals surface area contributed by atoms with Crippen LogP contribution in [0.25, 0.3) is 0 Å². The van der Waals surface area contributed by atoms with Crippen LogP contribution in [0, 0.1) is 25.2 Å². The lowest BCUT2D eigenvalue weighted by Crippen LogP contribution is -1.94. The summed E-state index contributed by atoms with van der Waals surface area (Å²) in [7, 11) is 0. The number of halogens is 2. The van der Waals surface area contributed by atoms with Gasteiger partial charge in [0.2, 0.25) is 0 Å². The van der Waals surface area contributed by atoms with Crippen LogP contribution in [-0.4, -0.2) is 8.99 Å². The molecule has 3 heteroatoms. The molecule has 0 unspecified atom stereocenters. The van der Waals surface area contributed by atoms with Crippen molar-refractivity contribution in [3.63, 3.8) is 0 Å². The highest BCUT2D eigenvalue weighted by atomic mass is 79.9. The molecule has 0 saturated heterocycles. The molecule has 0 spiro atoms. The summed E-state index contributed by atoms with van der Waals surface area (Å²) < 4.78 is 0.136. The van der Waals surface area contributed by atoms with Gasteiger partial charge in [-0.3, -0.25) is 0 Å². The van der Waals surface area contributed by atoms with Crippen molar-refractivity contribution in [3.05, 3.63) is 29.3 Å². The first-order valence-corrected chi connectivity index (χ1v) is 8.42. The van der Waals surface area contributed by atoms with Gasteiger partial charge in [0.05, 0.1) is 3.23 Å². The lowest BCUT2D eigenvalue weighted by molar-refractivity contribution is 0.589. The van der Waals surface area contributed by atoms with Crippen molar-refractivity contribution in [1.29, 1.82) is 0 Å². The van der Waals surface area contributed by atoms with Crippen molar-refractivity contribution < 1.29 is 0 Å². The maximum absolute atomic E-state index is 3.79. The maximum Gasteiger partial charge on any atom is 0.0901 e. The van der Waals surface area contributed by atoms with E-state index in [0.29, 0.717) is 11.3 Å². The average Bonchev–Trinajstić information content (AvgIpc) is 2.59. The normalized spacial score (nSPS) is 24.7. The Labute approximate surface area is 125 Å². The Morgan fingerprint density at radius 2 is 1.65 bits per heavy atom. The van der Waals surface area contributed by atoms with Crippen molar-refractivity contribution in [2.75, 3.05) is 5.75 Å². The zero-order valence-corrected chi connectivity index (χ0v) is 14.7. The number of hydrogen-bond donors (Lipinski definition) is 0. The molecule has 94 valence electrons. The van der Waals surface area contributed by atoms with E-state index in [9.17, 15) is 0 Å². The fraction of sp³-hybridized carbons (Fsp3) is 0.571. The highest BCUT2D eigenvalue weighted by Crippen LogP contribution is 2.71. The van der Waals surface area contributed by atoms with Gasteiger partial charge in [0.15, 0.2) is 0 Å². The highest BCUT2D eigenvalue weighted by molar-refractivity contribution is 9.25. The zero-order valence-electron chi connectivity index (χ0n) is 10.7. The Balaban J connectivity index is 2.06. The van der Waals surface area contributed by atoms with E-state index in [-0.39, 0.29) is 3.23 Å². The van der Waals surface area contributed by atoms with Crippen molar-refractivity contribution >= 4 is 43.6 Å². The molecule has 0 amide bonds. The quantitative estimate of drug-likeness (QED) is 0.492. The van der Waals surface area contributed by atoms with Gasteiger partial charge in [-0.05, 0) is 30.4 Å². The van der Waals surface area contributed by atoms with Gasteiger partial charge in [0, 0.05) is 16.6 Å². The van der Waals surface area contributed by atoms with Crippen LogP contribution >= 0.6 is 43.6 Å². The lowest BCUT2D eigenvalue weighted by Gasteiger charge is -2.09. The second kappa shape index (κ2) is 4.57. The summed E-state index contributed by atoms with van der Waals surface area (Å²) in [6.07, 6.45) is 0. The molecule has 0 nitrogen and oxygen atoms in total. The van der Waals surface area contributed by atoms with E-state index in [1.807, 2.05) is 11.8 Å². The largest absolute Gasteiger partial charge is 0.125 e. The van der Waals surface area contributed by atoms with Gasteiger partial charge in [-0.1, -0.05) is 63.9 Å². The van der Waals surface area contributed by atoms with Gasteiger partial charge >= 0.3 is 0 Å². The highest BCUT2D eigenvalue weighted by Gasteiger charge is 2.68. The smallest absolute Gasteiger partial charge is 0.0901 e. The average molecular weight is 378 g/mol. The summed E-state index contributed by atoms with van der Waals surface area (Å²) >= 11 is 9.56. The first-order chi connectivity index (χ1) is 7.78. The predicted octanol–water partition coefficient (Wildman–Crippen LogP) is 5.54. The van der Waals surface area contributed by atoms with Crippen LogP contribution in [0.1, 0.15) is 25.0 Å². The first kappa shape index (κ1) is 14.0. The summed E-state index contributed by atoms with van der Waals surface area (Å²) in [4.78, 5) is 1.45. The van der Waals surface area contributed by atoms with Crippen LogP contribution in [0.15, 0.2) is 23.1 Å². The molecule has 17 heavy (non-hydrogen) atoms. The molecule has 2 rings (SSSR count). The summed E-state index contributed by atoms with van der Waals surface area (Å²) in [5.74, 6) is 1.84. The van der Waals surface area contributed by atoms with E-state index in [4.69, 9.17) is 0 Å². The minimum atomic E-state index is 0.136. The van der Waals surface area contributed by atoms with Crippen LogP contribution < -0.4 is 0 Å². The van der Waals surface area contributed by atoms with E-state index in [0.717, 1.165) is 5.75 Å². The molecule has 1 saturated carbocycles. The standard InChI is InChI=1S/C14H18Br2S/c1-9-6-5-7-10(2)12(9)17-8-11-13(3,4)14(11,15)16/h5-7,11H,8H2,1-4H3/t11-/m0/s1. The van der Waals surface area contributed by atoms with Gasteiger partial charge in [-0.2, -0.15) is 0 Å². The summed E-state index contributed by atoms with van der Waals surface area (Å²) in [6.45, 7) is 9.02. The minimum absolute atomic E-state index is 0.136. The molecule has 0 aliphatic heterocycles. The maximum atomic E-state index is 3.79. The van der Waals surface area contributed by atoms with Crippen LogP contribution in [0.5, 0.6) is 0 Å². The topological polar surface area (TPSA) is 0 Å². The number of benzene rings is 1. The number of alkyl halides is 2. The number of hydrogen-bond acceptors (Lipinski definition) is 1. The number of thioether (sulfide) groups is 1. The molecule has 0 heterocycles. The lowest BCUT2D eigenvalue weighted by atomic mass is 10.1. The first-order valence-electron chi connectivity index (χ1n) is 5.85. The fourth-order valence-corrected chi connectivity index (χ4v) is 6.08. The van der Waals surface area contributed by atoms with Crippen molar-refractivity contribution in [3.8, 4) is 0 Å². The van der Waals surface area contributed by atoms with E-state index < -0.39 is 0 Å². The van der Waals surface area contributed by atoms with E-state index >= 15 is 0 Å². The van der Waals surface area contributed by atoms with Crippen molar-refractivity contribution in [2.45, 2.75) is 35.8 Å². The molecule has 1 fully saturated rings. The molecule has 1 aromatic rings. The molecule has 0 aromatic heterocycles. The van der Waals surface area contributed by atoms with Gasteiger partial charge in [0.25, 0.3) is 0 Å². The van der Waals surface area contributed by atoms with Crippen LogP contribution in [0.3, 0.4) is 0 Å². The van der Waals surface area contributed by atoms with Gasteiger partial charge in [-0.15, -0.1) is 11.8 Å². The predicted molar refractivity (Wildman–Crippen MR) is 84.5 cm³/mol. The molecule has 1 aliphatic rings. The monoisotopic (exact) mass is 376 g/mol. The van der Waals surface area contributed by atoms with Crippen LogP contribution in [0.4, 0.5) is 0 Å².